The third-order valence-corrected chi connectivity index (χ3v) is 6.51. The monoisotopic (exact) mass is 499 g/mol. The summed E-state index contributed by atoms with van der Waals surface area (Å²) in [5, 5.41) is 17.4. The minimum atomic E-state index is -0.498. The van der Waals surface area contributed by atoms with E-state index in [0.717, 1.165) is 28.8 Å². The van der Waals surface area contributed by atoms with Crippen LogP contribution in [0.2, 0.25) is 0 Å². The van der Waals surface area contributed by atoms with Gasteiger partial charge in [-0.2, -0.15) is 5.26 Å². The first kappa shape index (κ1) is 24.4. The first-order valence-corrected chi connectivity index (χ1v) is 12.3. The van der Waals surface area contributed by atoms with Crippen molar-refractivity contribution in [2.75, 3.05) is 26.3 Å². The van der Waals surface area contributed by atoms with E-state index in [1.165, 1.54) is 5.56 Å². The van der Waals surface area contributed by atoms with Gasteiger partial charge in [0.05, 0.1) is 30.4 Å². The van der Waals surface area contributed by atoms with Gasteiger partial charge in [-0.1, -0.05) is 50.2 Å². The molecule has 37 heavy (non-hydrogen) atoms. The second-order valence-corrected chi connectivity index (χ2v) is 9.57. The summed E-state index contributed by atoms with van der Waals surface area (Å²) < 4.78 is 16.5. The van der Waals surface area contributed by atoms with E-state index in [1.807, 2.05) is 24.3 Å². The van der Waals surface area contributed by atoms with Gasteiger partial charge < -0.3 is 24.8 Å². The Kier molecular flexibility index (Phi) is 6.84. The molecule has 3 N–H and O–H groups in total. The van der Waals surface area contributed by atoms with E-state index in [9.17, 15) is 10.1 Å². The van der Waals surface area contributed by atoms with Gasteiger partial charge in [0.15, 0.2) is 0 Å². The molecule has 3 heterocycles. The third-order valence-electron chi connectivity index (χ3n) is 6.51. The number of hydrogen-bond acceptors (Lipinski definition) is 7. The number of rotatable bonds is 5. The molecule has 0 aliphatic carbocycles. The summed E-state index contributed by atoms with van der Waals surface area (Å²) in [5.74, 6) is 0.836. The fraction of sp³-hybridized carbons (Fsp3) is 0.321. The molecule has 2 aliphatic heterocycles. The molecule has 2 aromatic carbocycles. The highest BCUT2D eigenvalue weighted by Crippen LogP contribution is 2.45. The number of carbonyl (C=O) groups is 1. The number of hydrogen-bond donors (Lipinski definition) is 2. The molecule has 0 bridgehead atoms. The number of nitriles is 1. The Labute approximate surface area is 215 Å². The quantitative estimate of drug-likeness (QED) is 0.535. The van der Waals surface area contributed by atoms with E-state index in [4.69, 9.17) is 19.9 Å². The summed E-state index contributed by atoms with van der Waals surface area (Å²) in [7, 11) is 0. The highest BCUT2D eigenvalue weighted by atomic mass is 16.6. The molecule has 0 saturated carbocycles. The Bertz CT molecular complexity index is 1350. The minimum Gasteiger partial charge on any atom is -0.420 e. The van der Waals surface area contributed by atoms with Gasteiger partial charge in [0, 0.05) is 18.7 Å². The van der Waals surface area contributed by atoms with Crippen LogP contribution in [0.15, 0.2) is 60.0 Å². The zero-order chi connectivity index (χ0) is 25.9. The average molecular weight is 500 g/mol. The largest absolute Gasteiger partial charge is 0.420 e. The zero-order valence-electron chi connectivity index (χ0n) is 20.9. The molecular formula is C28H29N5O4. The number of ether oxygens (including phenoxy) is 3. The number of nitrogens with one attached hydrogen (secondary N) is 1. The van der Waals surface area contributed by atoms with Crippen LogP contribution >= 0.6 is 0 Å². The third kappa shape index (κ3) is 5.01. The standard InChI is InChI=1S/C28H29N5O4/c1-17(2)15-18-3-5-20(6-4-18)25-24-23(22(16-29)26(30)37-27(24)32-31-25)19-7-9-21(10-8-19)36-28(34)33-11-13-35-14-12-33/h3-10,17,23H,11-15,30H2,1-2H3,(H,31,32). The molecule has 1 fully saturated rings. The molecule has 1 atom stereocenters. The number of allylic oxidation sites excluding steroid dienone is 1. The van der Waals surface area contributed by atoms with Crippen molar-refractivity contribution < 1.29 is 19.0 Å². The molecule has 0 radical (unpaired) electrons. The van der Waals surface area contributed by atoms with Crippen molar-refractivity contribution in [3.63, 3.8) is 0 Å². The number of fused-ring (bicyclic) bond motifs is 1. The van der Waals surface area contributed by atoms with Gasteiger partial charge in [-0.3, -0.25) is 5.10 Å². The molecule has 5 rings (SSSR count). The second kappa shape index (κ2) is 10.4. The summed E-state index contributed by atoms with van der Waals surface area (Å²) in [6.07, 6.45) is 0.581. The molecule has 2 aliphatic rings. The molecule has 3 aromatic rings. The van der Waals surface area contributed by atoms with Gasteiger partial charge in [0.1, 0.15) is 17.4 Å². The number of aromatic nitrogens is 2. The maximum atomic E-state index is 12.5. The normalized spacial score (nSPS) is 17.2. The SMILES string of the molecule is CC(C)Cc1ccc(-c2[nH]nc3c2C(c2ccc(OC(=O)N4CCOCC4)cc2)C(C#N)=C(N)O3)cc1. The van der Waals surface area contributed by atoms with Crippen molar-refractivity contribution in [1.82, 2.24) is 15.1 Å². The fourth-order valence-electron chi connectivity index (χ4n) is 4.72. The lowest BCUT2D eigenvalue weighted by Gasteiger charge is -2.26. The predicted octanol–water partition coefficient (Wildman–Crippen LogP) is 4.32. The molecular weight excluding hydrogens is 470 g/mol. The van der Waals surface area contributed by atoms with Crippen LogP contribution in [0.4, 0.5) is 4.79 Å². The molecule has 1 saturated heterocycles. The maximum absolute atomic E-state index is 12.5. The highest BCUT2D eigenvalue weighted by Gasteiger charge is 2.35. The van der Waals surface area contributed by atoms with Crippen LogP contribution in [-0.2, 0) is 11.2 Å². The van der Waals surface area contributed by atoms with Crippen molar-refractivity contribution in [2.45, 2.75) is 26.2 Å². The Morgan fingerprint density at radius 1 is 1.19 bits per heavy atom. The molecule has 190 valence electrons. The Balaban J connectivity index is 1.45. The predicted molar refractivity (Wildman–Crippen MR) is 137 cm³/mol. The zero-order valence-corrected chi connectivity index (χ0v) is 20.9. The van der Waals surface area contributed by atoms with Crippen LogP contribution in [0, 0.1) is 17.2 Å². The van der Waals surface area contributed by atoms with E-state index >= 15 is 0 Å². The average Bonchev–Trinajstić information content (AvgIpc) is 3.32. The fourth-order valence-corrected chi connectivity index (χ4v) is 4.72. The van der Waals surface area contributed by atoms with Crippen LogP contribution in [0.1, 0.15) is 36.5 Å². The van der Waals surface area contributed by atoms with Crippen LogP contribution in [0.25, 0.3) is 11.3 Å². The van der Waals surface area contributed by atoms with Crippen molar-refractivity contribution in [2.24, 2.45) is 11.7 Å². The van der Waals surface area contributed by atoms with Crippen LogP contribution in [0.3, 0.4) is 0 Å². The number of carbonyl (C=O) groups excluding carboxylic acids is 1. The Hall–Kier alpha value is -4.29. The van der Waals surface area contributed by atoms with Gasteiger partial charge in [-0.05, 0) is 35.6 Å². The number of amides is 1. The second-order valence-electron chi connectivity index (χ2n) is 9.57. The Morgan fingerprint density at radius 3 is 2.54 bits per heavy atom. The van der Waals surface area contributed by atoms with Gasteiger partial charge in [0.25, 0.3) is 0 Å². The number of nitrogens with two attached hydrogens (primary N) is 1. The maximum Gasteiger partial charge on any atom is 0.415 e. The van der Waals surface area contributed by atoms with Crippen LogP contribution < -0.4 is 15.2 Å². The van der Waals surface area contributed by atoms with E-state index in [-0.39, 0.29) is 5.88 Å². The van der Waals surface area contributed by atoms with E-state index in [2.05, 4.69) is 42.2 Å². The number of benzene rings is 2. The summed E-state index contributed by atoms with van der Waals surface area (Å²) >= 11 is 0. The van der Waals surface area contributed by atoms with Crippen molar-refractivity contribution >= 4 is 6.09 Å². The van der Waals surface area contributed by atoms with E-state index < -0.39 is 12.0 Å². The Morgan fingerprint density at radius 2 is 1.89 bits per heavy atom. The van der Waals surface area contributed by atoms with Crippen LogP contribution in [-0.4, -0.2) is 47.5 Å². The van der Waals surface area contributed by atoms with Crippen molar-refractivity contribution in [1.29, 1.82) is 5.26 Å². The van der Waals surface area contributed by atoms with Gasteiger partial charge in [-0.25, -0.2) is 4.79 Å². The first-order valence-electron chi connectivity index (χ1n) is 12.3. The van der Waals surface area contributed by atoms with Gasteiger partial charge in [0.2, 0.25) is 11.8 Å². The van der Waals surface area contributed by atoms with Gasteiger partial charge >= 0.3 is 6.09 Å². The topological polar surface area (TPSA) is 126 Å². The molecule has 1 amide bonds. The van der Waals surface area contributed by atoms with E-state index in [1.54, 1.807) is 17.0 Å². The summed E-state index contributed by atoms with van der Waals surface area (Å²) in [4.78, 5) is 14.1. The summed E-state index contributed by atoms with van der Waals surface area (Å²) in [5.41, 5.74) is 10.9. The number of morpholine rings is 1. The molecule has 9 nitrogen and oxygen atoms in total. The lowest BCUT2D eigenvalue weighted by atomic mass is 9.83. The molecule has 0 spiro atoms. The minimum absolute atomic E-state index is 0.0214. The smallest absolute Gasteiger partial charge is 0.415 e. The van der Waals surface area contributed by atoms with E-state index in [0.29, 0.717) is 49.4 Å². The van der Waals surface area contributed by atoms with Crippen molar-refractivity contribution in [3.05, 3.63) is 76.7 Å². The molecule has 9 heteroatoms. The van der Waals surface area contributed by atoms with Gasteiger partial charge in [-0.15, -0.1) is 5.10 Å². The number of aromatic amines is 1. The first-order chi connectivity index (χ1) is 17.9. The number of H-pyrrole nitrogens is 1. The molecule has 1 aromatic heterocycles. The van der Waals surface area contributed by atoms with Crippen LogP contribution in [0.5, 0.6) is 11.6 Å². The number of nitrogens with zero attached hydrogens (tertiary/aromatic N) is 3. The lowest BCUT2D eigenvalue weighted by molar-refractivity contribution is 0.0416. The summed E-state index contributed by atoms with van der Waals surface area (Å²) in [6, 6.07) is 17.6. The lowest BCUT2D eigenvalue weighted by Crippen LogP contribution is -2.42. The summed E-state index contributed by atoms with van der Waals surface area (Å²) in [6.45, 7) is 6.38. The highest BCUT2D eigenvalue weighted by molar-refractivity contribution is 5.72. The van der Waals surface area contributed by atoms with Crippen molar-refractivity contribution in [3.8, 4) is 29.0 Å². The molecule has 1 unspecified atom stereocenters.